The van der Waals surface area contributed by atoms with E-state index >= 15 is 0 Å². The molecular weight excluding hydrogens is 222 g/mol. The van der Waals surface area contributed by atoms with Gasteiger partial charge in [0, 0.05) is 12.0 Å². The van der Waals surface area contributed by atoms with Crippen LogP contribution < -0.4 is 5.73 Å². The predicted molar refractivity (Wildman–Crippen MR) is 77.4 cm³/mol. The molecule has 1 aromatic rings. The van der Waals surface area contributed by atoms with Gasteiger partial charge in [-0.2, -0.15) is 0 Å². The molecule has 0 aromatic heterocycles. The van der Waals surface area contributed by atoms with Crippen molar-refractivity contribution in [3.8, 4) is 0 Å². The Labute approximate surface area is 111 Å². The highest BCUT2D eigenvalue weighted by Crippen LogP contribution is 2.35. The minimum atomic E-state index is -0.486. The van der Waals surface area contributed by atoms with E-state index in [0.717, 1.165) is 18.4 Å². The van der Waals surface area contributed by atoms with Crippen LogP contribution in [0.4, 0.5) is 0 Å². The van der Waals surface area contributed by atoms with Crippen LogP contribution in [0.3, 0.4) is 0 Å². The lowest BCUT2D eigenvalue weighted by Crippen LogP contribution is -2.33. The van der Waals surface area contributed by atoms with Crippen LogP contribution in [-0.2, 0) is 6.42 Å². The smallest absolute Gasteiger partial charge is 0.0855 e. The lowest BCUT2D eigenvalue weighted by atomic mass is 9.78. The maximum Gasteiger partial charge on any atom is 0.0855 e. The van der Waals surface area contributed by atoms with E-state index in [-0.39, 0.29) is 5.41 Å². The van der Waals surface area contributed by atoms with Gasteiger partial charge in [0.25, 0.3) is 0 Å². The number of aliphatic hydroxyl groups excluding tert-OH is 1. The zero-order valence-corrected chi connectivity index (χ0v) is 12.1. The first kappa shape index (κ1) is 15.2. The summed E-state index contributed by atoms with van der Waals surface area (Å²) in [5.41, 5.74) is 7.85. The molecule has 0 aliphatic heterocycles. The van der Waals surface area contributed by atoms with Gasteiger partial charge in [0.05, 0.1) is 6.10 Å². The number of rotatable bonds is 6. The van der Waals surface area contributed by atoms with Gasteiger partial charge < -0.3 is 10.8 Å². The molecule has 0 aliphatic rings. The Morgan fingerprint density at radius 2 is 1.78 bits per heavy atom. The number of hydrogen-bond acceptors (Lipinski definition) is 2. The molecular formula is C16H27NO. The quantitative estimate of drug-likeness (QED) is 0.812. The lowest BCUT2D eigenvalue weighted by Gasteiger charge is -2.32. The van der Waals surface area contributed by atoms with Crippen molar-refractivity contribution in [3.05, 3.63) is 35.4 Å². The fourth-order valence-electron chi connectivity index (χ4n) is 2.16. The summed E-state index contributed by atoms with van der Waals surface area (Å²) in [5.74, 6) is 0.658. The van der Waals surface area contributed by atoms with Gasteiger partial charge in [-0.25, -0.2) is 0 Å². The Morgan fingerprint density at radius 1 is 1.22 bits per heavy atom. The van der Waals surface area contributed by atoms with E-state index in [4.69, 9.17) is 5.73 Å². The second-order valence-electron chi connectivity index (χ2n) is 5.95. The lowest BCUT2D eigenvalue weighted by molar-refractivity contribution is 0.0391. The second kappa shape index (κ2) is 6.35. The van der Waals surface area contributed by atoms with Crippen molar-refractivity contribution in [1.82, 2.24) is 0 Å². The zero-order chi connectivity index (χ0) is 13.8. The Kier molecular flexibility index (Phi) is 5.36. The van der Waals surface area contributed by atoms with Gasteiger partial charge in [-0.3, -0.25) is 0 Å². The molecule has 0 radical (unpaired) electrons. The van der Waals surface area contributed by atoms with E-state index in [2.05, 4.69) is 32.9 Å². The van der Waals surface area contributed by atoms with Gasteiger partial charge in [0.15, 0.2) is 0 Å². The molecule has 0 saturated carbocycles. The molecule has 0 fully saturated rings. The van der Waals surface area contributed by atoms with Gasteiger partial charge >= 0.3 is 0 Å². The summed E-state index contributed by atoms with van der Waals surface area (Å²) in [7, 11) is 0. The van der Waals surface area contributed by atoms with E-state index in [1.807, 2.05) is 19.1 Å². The molecule has 1 aromatic carbocycles. The van der Waals surface area contributed by atoms with E-state index in [1.54, 1.807) is 0 Å². The van der Waals surface area contributed by atoms with Crippen LogP contribution in [0.5, 0.6) is 0 Å². The molecule has 2 heteroatoms. The summed E-state index contributed by atoms with van der Waals surface area (Å²) in [6.07, 6.45) is 1.47. The maximum absolute atomic E-state index is 10.4. The fourth-order valence-corrected chi connectivity index (χ4v) is 2.16. The van der Waals surface area contributed by atoms with E-state index in [0.29, 0.717) is 12.5 Å². The minimum Gasteiger partial charge on any atom is -0.388 e. The SMILES string of the molecule is CCC(C)(CN)C(O)c1ccc(CC(C)C)cc1. The summed E-state index contributed by atoms with van der Waals surface area (Å²) in [5, 5.41) is 10.4. The first-order valence-electron chi connectivity index (χ1n) is 6.90. The Morgan fingerprint density at radius 3 is 2.17 bits per heavy atom. The van der Waals surface area contributed by atoms with Crippen LogP contribution in [0.25, 0.3) is 0 Å². The van der Waals surface area contributed by atoms with Gasteiger partial charge in [0.2, 0.25) is 0 Å². The standard InChI is InChI=1S/C16H27NO/c1-5-16(4,11-17)15(18)14-8-6-13(7-9-14)10-12(2)3/h6-9,12,15,18H,5,10-11,17H2,1-4H3. The van der Waals surface area contributed by atoms with Crippen LogP contribution in [0.1, 0.15) is 51.3 Å². The summed E-state index contributed by atoms with van der Waals surface area (Å²) < 4.78 is 0. The van der Waals surface area contributed by atoms with Crippen molar-refractivity contribution >= 4 is 0 Å². The van der Waals surface area contributed by atoms with Crippen LogP contribution >= 0.6 is 0 Å². The molecule has 2 unspecified atom stereocenters. The number of hydrogen-bond donors (Lipinski definition) is 2. The highest BCUT2D eigenvalue weighted by Gasteiger charge is 2.30. The van der Waals surface area contributed by atoms with Crippen molar-refractivity contribution in [2.75, 3.05) is 6.54 Å². The second-order valence-corrected chi connectivity index (χ2v) is 5.95. The number of benzene rings is 1. The Balaban J connectivity index is 2.84. The average molecular weight is 249 g/mol. The monoisotopic (exact) mass is 249 g/mol. The molecule has 0 spiro atoms. The molecule has 3 N–H and O–H groups in total. The van der Waals surface area contributed by atoms with Crippen LogP contribution in [0, 0.1) is 11.3 Å². The highest BCUT2D eigenvalue weighted by molar-refractivity contribution is 5.25. The van der Waals surface area contributed by atoms with Crippen molar-refractivity contribution < 1.29 is 5.11 Å². The fraction of sp³-hybridized carbons (Fsp3) is 0.625. The zero-order valence-electron chi connectivity index (χ0n) is 12.1. The number of aliphatic hydroxyl groups is 1. The Hall–Kier alpha value is -0.860. The Bertz CT molecular complexity index is 352. The third-order valence-electron chi connectivity index (χ3n) is 3.87. The summed E-state index contributed by atoms with van der Waals surface area (Å²) in [6.45, 7) is 9.04. The van der Waals surface area contributed by atoms with E-state index in [1.165, 1.54) is 5.56 Å². The summed E-state index contributed by atoms with van der Waals surface area (Å²) in [4.78, 5) is 0. The molecule has 1 rings (SSSR count). The largest absolute Gasteiger partial charge is 0.388 e. The summed E-state index contributed by atoms with van der Waals surface area (Å²) >= 11 is 0. The van der Waals surface area contributed by atoms with Crippen molar-refractivity contribution in [2.45, 2.75) is 46.6 Å². The maximum atomic E-state index is 10.4. The molecule has 0 bridgehead atoms. The molecule has 0 aliphatic carbocycles. The summed E-state index contributed by atoms with van der Waals surface area (Å²) in [6, 6.07) is 8.30. The topological polar surface area (TPSA) is 46.2 Å². The normalized spacial score (nSPS) is 16.6. The third kappa shape index (κ3) is 3.56. The van der Waals surface area contributed by atoms with Crippen molar-refractivity contribution in [2.24, 2.45) is 17.1 Å². The average Bonchev–Trinajstić information content (AvgIpc) is 2.37. The van der Waals surface area contributed by atoms with Crippen molar-refractivity contribution in [3.63, 3.8) is 0 Å². The van der Waals surface area contributed by atoms with Crippen molar-refractivity contribution in [1.29, 1.82) is 0 Å². The van der Waals surface area contributed by atoms with Crippen LogP contribution in [0.15, 0.2) is 24.3 Å². The minimum absolute atomic E-state index is 0.237. The third-order valence-corrected chi connectivity index (χ3v) is 3.87. The molecule has 0 saturated heterocycles. The van der Waals surface area contributed by atoms with Gasteiger partial charge in [0.1, 0.15) is 0 Å². The van der Waals surface area contributed by atoms with E-state index < -0.39 is 6.10 Å². The molecule has 102 valence electrons. The van der Waals surface area contributed by atoms with E-state index in [9.17, 15) is 5.11 Å². The molecule has 0 amide bonds. The first-order valence-corrected chi connectivity index (χ1v) is 6.90. The molecule has 18 heavy (non-hydrogen) atoms. The molecule has 2 atom stereocenters. The molecule has 2 nitrogen and oxygen atoms in total. The predicted octanol–water partition coefficient (Wildman–Crippen LogP) is 3.29. The van der Waals surface area contributed by atoms with Gasteiger partial charge in [-0.1, -0.05) is 52.0 Å². The van der Waals surface area contributed by atoms with Crippen LogP contribution in [0.2, 0.25) is 0 Å². The number of nitrogens with two attached hydrogens (primary N) is 1. The highest BCUT2D eigenvalue weighted by atomic mass is 16.3. The van der Waals surface area contributed by atoms with Crippen LogP contribution in [-0.4, -0.2) is 11.7 Å². The van der Waals surface area contributed by atoms with Gasteiger partial charge in [-0.05, 0) is 29.9 Å². The van der Waals surface area contributed by atoms with Gasteiger partial charge in [-0.15, -0.1) is 0 Å². The first-order chi connectivity index (χ1) is 8.42. The molecule has 0 heterocycles.